The molecule has 0 radical (unpaired) electrons. The van der Waals surface area contributed by atoms with Gasteiger partial charge in [0.15, 0.2) is 5.82 Å². The van der Waals surface area contributed by atoms with Crippen LogP contribution in [0.2, 0.25) is 0 Å². The van der Waals surface area contributed by atoms with Gasteiger partial charge in [0.25, 0.3) is 0 Å². The third-order valence-corrected chi connectivity index (χ3v) is 2.20. The minimum Gasteiger partial charge on any atom is -0.396 e. The van der Waals surface area contributed by atoms with Gasteiger partial charge in [-0.3, -0.25) is 4.98 Å². The molecule has 0 aliphatic heterocycles. The summed E-state index contributed by atoms with van der Waals surface area (Å²) in [5.41, 5.74) is 7.02. The molecule has 0 fully saturated rings. The van der Waals surface area contributed by atoms with Gasteiger partial charge in [-0.2, -0.15) is 4.68 Å². The second-order valence-corrected chi connectivity index (χ2v) is 4.60. The quantitative estimate of drug-likeness (QED) is 0.770. The van der Waals surface area contributed by atoms with Crippen molar-refractivity contribution in [3.8, 4) is 5.69 Å². The first-order valence-electron chi connectivity index (χ1n) is 4.99. The Morgan fingerprint density at radius 1 is 1.31 bits per heavy atom. The van der Waals surface area contributed by atoms with E-state index in [4.69, 9.17) is 5.73 Å². The van der Waals surface area contributed by atoms with Gasteiger partial charge in [-0.25, -0.2) is 0 Å². The lowest BCUT2D eigenvalue weighted by atomic mass is 9.96. The maximum atomic E-state index is 5.85. The third-order valence-electron chi connectivity index (χ3n) is 2.20. The van der Waals surface area contributed by atoms with Gasteiger partial charge in [-0.15, -0.1) is 5.10 Å². The molecule has 0 unspecified atom stereocenters. The predicted octanol–water partition coefficient (Wildman–Crippen LogP) is 0.937. The van der Waals surface area contributed by atoms with Crippen LogP contribution >= 0.6 is 0 Å². The standard InChI is InChI=1S/C10H14N6/c1-10(2,3)9-13-14-15-16(9)8-4-5-12-6-7(8)11/h4-6H,11H2,1-3H3. The van der Waals surface area contributed by atoms with Gasteiger partial charge in [0.05, 0.1) is 17.6 Å². The second-order valence-electron chi connectivity index (χ2n) is 4.60. The topological polar surface area (TPSA) is 82.5 Å². The minimum absolute atomic E-state index is 0.140. The molecule has 0 aromatic carbocycles. The van der Waals surface area contributed by atoms with E-state index in [1.54, 1.807) is 23.1 Å². The SMILES string of the molecule is CC(C)(C)c1nnnn1-c1ccncc1N. The van der Waals surface area contributed by atoms with E-state index < -0.39 is 0 Å². The van der Waals surface area contributed by atoms with Crippen LogP contribution in [0.5, 0.6) is 0 Å². The number of tetrazole rings is 1. The molecule has 2 rings (SSSR count). The molecule has 0 atom stereocenters. The number of nitrogens with two attached hydrogens (primary N) is 1. The van der Waals surface area contributed by atoms with E-state index in [0.29, 0.717) is 5.69 Å². The maximum absolute atomic E-state index is 5.85. The van der Waals surface area contributed by atoms with Crippen LogP contribution in [0.4, 0.5) is 5.69 Å². The fraction of sp³-hybridized carbons (Fsp3) is 0.400. The Balaban J connectivity index is 2.58. The Bertz CT molecular complexity index is 496. The molecule has 2 N–H and O–H groups in total. The fourth-order valence-corrected chi connectivity index (χ4v) is 1.41. The van der Waals surface area contributed by atoms with Crippen molar-refractivity contribution < 1.29 is 0 Å². The van der Waals surface area contributed by atoms with Gasteiger partial charge in [0.1, 0.15) is 0 Å². The van der Waals surface area contributed by atoms with E-state index in [2.05, 4.69) is 20.5 Å². The first-order chi connectivity index (χ1) is 7.50. The summed E-state index contributed by atoms with van der Waals surface area (Å²) in [7, 11) is 0. The lowest BCUT2D eigenvalue weighted by Gasteiger charge is -2.17. The van der Waals surface area contributed by atoms with Gasteiger partial charge in [0, 0.05) is 11.6 Å². The van der Waals surface area contributed by atoms with Crippen molar-refractivity contribution in [2.45, 2.75) is 26.2 Å². The monoisotopic (exact) mass is 218 g/mol. The van der Waals surface area contributed by atoms with Crippen LogP contribution in [-0.4, -0.2) is 25.2 Å². The normalized spacial score (nSPS) is 11.7. The summed E-state index contributed by atoms with van der Waals surface area (Å²) >= 11 is 0. The number of hydrogen-bond donors (Lipinski definition) is 1. The highest BCUT2D eigenvalue weighted by atomic mass is 15.5. The highest BCUT2D eigenvalue weighted by molar-refractivity contribution is 5.55. The van der Waals surface area contributed by atoms with Crippen molar-refractivity contribution in [3.05, 3.63) is 24.3 Å². The van der Waals surface area contributed by atoms with Crippen LogP contribution in [0.3, 0.4) is 0 Å². The van der Waals surface area contributed by atoms with E-state index in [1.807, 2.05) is 20.8 Å². The molecule has 16 heavy (non-hydrogen) atoms. The molecule has 6 heteroatoms. The minimum atomic E-state index is -0.140. The Labute approximate surface area is 93.5 Å². The van der Waals surface area contributed by atoms with Gasteiger partial charge in [0.2, 0.25) is 0 Å². The molecule has 2 heterocycles. The Hall–Kier alpha value is -1.98. The third kappa shape index (κ3) is 1.73. The summed E-state index contributed by atoms with van der Waals surface area (Å²) in [5.74, 6) is 0.769. The zero-order valence-electron chi connectivity index (χ0n) is 9.55. The van der Waals surface area contributed by atoms with E-state index in [9.17, 15) is 0 Å². The lowest BCUT2D eigenvalue weighted by molar-refractivity contribution is 0.526. The van der Waals surface area contributed by atoms with Crippen LogP contribution in [0.15, 0.2) is 18.5 Å². The van der Waals surface area contributed by atoms with Crippen LogP contribution in [0.25, 0.3) is 5.69 Å². The molecule has 0 aliphatic rings. The van der Waals surface area contributed by atoms with E-state index in [1.165, 1.54) is 0 Å². The number of aromatic nitrogens is 5. The number of pyridine rings is 1. The summed E-state index contributed by atoms with van der Waals surface area (Å²) in [6.07, 6.45) is 3.25. The number of nitrogens with zero attached hydrogens (tertiary/aromatic N) is 5. The van der Waals surface area contributed by atoms with Crippen molar-refractivity contribution >= 4 is 5.69 Å². The molecular formula is C10H14N6. The predicted molar refractivity (Wildman–Crippen MR) is 60.1 cm³/mol. The molecule has 2 aromatic rings. The Kier molecular flexibility index (Phi) is 2.34. The van der Waals surface area contributed by atoms with E-state index in [-0.39, 0.29) is 5.41 Å². The molecule has 0 amide bonds. The molecule has 0 spiro atoms. The van der Waals surface area contributed by atoms with Crippen molar-refractivity contribution in [2.75, 3.05) is 5.73 Å². The number of hydrogen-bond acceptors (Lipinski definition) is 5. The average molecular weight is 218 g/mol. The maximum Gasteiger partial charge on any atom is 0.162 e. The molecule has 0 saturated heterocycles. The Morgan fingerprint density at radius 2 is 2.06 bits per heavy atom. The van der Waals surface area contributed by atoms with Gasteiger partial charge in [-0.1, -0.05) is 20.8 Å². The molecule has 0 aliphatic carbocycles. The van der Waals surface area contributed by atoms with Crippen molar-refractivity contribution in [2.24, 2.45) is 0 Å². The lowest BCUT2D eigenvalue weighted by Crippen LogP contribution is -2.19. The number of anilines is 1. The van der Waals surface area contributed by atoms with Gasteiger partial charge < -0.3 is 5.73 Å². The summed E-state index contributed by atoms with van der Waals surface area (Å²) in [6, 6.07) is 1.79. The van der Waals surface area contributed by atoms with Crippen molar-refractivity contribution in [3.63, 3.8) is 0 Å². The number of nitrogen functional groups attached to an aromatic ring is 1. The molecule has 2 aromatic heterocycles. The van der Waals surface area contributed by atoms with Crippen LogP contribution in [-0.2, 0) is 5.41 Å². The Morgan fingerprint density at radius 3 is 2.69 bits per heavy atom. The molecule has 0 saturated carbocycles. The molecule has 6 nitrogen and oxygen atoms in total. The van der Waals surface area contributed by atoms with Crippen LogP contribution < -0.4 is 5.73 Å². The second kappa shape index (κ2) is 3.55. The summed E-state index contributed by atoms with van der Waals surface area (Å²) in [6.45, 7) is 6.14. The first kappa shape index (κ1) is 10.5. The van der Waals surface area contributed by atoms with Gasteiger partial charge in [-0.05, 0) is 16.5 Å². The van der Waals surface area contributed by atoms with E-state index >= 15 is 0 Å². The smallest absolute Gasteiger partial charge is 0.162 e. The largest absolute Gasteiger partial charge is 0.396 e. The highest BCUT2D eigenvalue weighted by Crippen LogP contribution is 2.23. The summed E-state index contributed by atoms with van der Waals surface area (Å²) in [5, 5.41) is 11.7. The first-order valence-corrected chi connectivity index (χ1v) is 4.99. The van der Waals surface area contributed by atoms with E-state index in [0.717, 1.165) is 11.5 Å². The molecule has 84 valence electrons. The summed E-state index contributed by atoms with van der Waals surface area (Å²) < 4.78 is 1.65. The summed E-state index contributed by atoms with van der Waals surface area (Å²) in [4.78, 5) is 3.94. The van der Waals surface area contributed by atoms with Crippen molar-refractivity contribution in [1.82, 2.24) is 25.2 Å². The van der Waals surface area contributed by atoms with Crippen molar-refractivity contribution in [1.29, 1.82) is 0 Å². The zero-order valence-corrected chi connectivity index (χ0v) is 9.55. The van der Waals surface area contributed by atoms with Gasteiger partial charge >= 0.3 is 0 Å². The number of rotatable bonds is 1. The fourth-order valence-electron chi connectivity index (χ4n) is 1.41. The highest BCUT2D eigenvalue weighted by Gasteiger charge is 2.23. The average Bonchev–Trinajstić information content (AvgIpc) is 2.66. The molecule has 0 bridgehead atoms. The zero-order chi connectivity index (χ0) is 11.8. The molecular weight excluding hydrogens is 204 g/mol. The van der Waals surface area contributed by atoms with Crippen LogP contribution in [0.1, 0.15) is 26.6 Å². The van der Waals surface area contributed by atoms with Crippen LogP contribution in [0, 0.1) is 0 Å².